The molecule has 0 saturated heterocycles. The molecule has 0 aliphatic heterocycles. The van der Waals surface area contributed by atoms with Gasteiger partial charge in [0.05, 0.1) is 11.4 Å². The predicted octanol–water partition coefficient (Wildman–Crippen LogP) is 4.48. The maximum Gasteiger partial charge on any atom is 0.276 e. The van der Waals surface area contributed by atoms with E-state index in [4.69, 9.17) is 16.3 Å². The Hall–Kier alpha value is -4.17. The van der Waals surface area contributed by atoms with Crippen molar-refractivity contribution < 1.29 is 18.7 Å². The quantitative estimate of drug-likeness (QED) is 0.400. The SMILES string of the molecule is Cc1nn(-c2ccc(F)cc2)c(Cl)c1C(=O)NNC(=O)COc1ccccc1-c1ccccc1. The van der Waals surface area contributed by atoms with Gasteiger partial charge in [0.15, 0.2) is 6.61 Å². The number of hydrogen-bond donors (Lipinski definition) is 2. The number of nitrogens with one attached hydrogen (secondary N) is 2. The van der Waals surface area contributed by atoms with Gasteiger partial charge in [-0.05, 0) is 42.8 Å². The van der Waals surface area contributed by atoms with Crippen LogP contribution in [-0.2, 0) is 4.79 Å². The largest absolute Gasteiger partial charge is 0.483 e. The minimum atomic E-state index is -0.645. The third-order valence-electron chi connectivity index (χ3n) is 4.95. The lowest BCUT2D eigenvalue weighted by atomic mass is 10.1. The summed E-state index contributed by atoms with van der Waals surface area (Å²) in [4.78, 5) is 24.9. The molecule has 0 unspecified atom stereocenters. The van der Waals surface area contributed by atoms with E-state index in [2.05, 4.69) is 16.0 Å². The number of hydrazine groups is 1. The maximum atomic E-state index is 13.2. The molecule has 2 N–H and O–H groups in total. The number of carbonyl (C=O) groups is 2. The molecule has 1 aromatic heterocycles. The van der Waals surface area contributed by atoms with Crippen LogP contribution in [0, 0.1) is 12.7 Å². The lowest BCUT2D eigenvalue weighted by Gasteiger charge is -2.12. The summed E-state index contributed by atoms with van der Waals surface area (Å²) in [5, 5.41) is 4.27. The summed E-state index contributed by atoms with van der Waals surface area (Å²) in [6.45, 7) is 1.29. The zero-order chi connectivity index (χ0) is 24.1. The van der Waals surface area contributed by atoms with Crippen molar-refractivity contribution >= 4 is 23.4 Å². The molecule has 34 heavy (non-hydrogen) atoms. The highest BCUT2D eigenvalue weighted by molar-refractivity contribution is 6.33. The average molecular weight is 479 g/mol. The second kappa shape index (κ2) is 10.2. The summed E-state index contributed by atoms with van der Waals surface area (Å²) in [5.74, 6) is -1.07. The van der Waals surface area contributed by atoms with Crippen LogP contribution >= 0.6 is 11.6 Å². The van der Waals surface area contributed by atoms with Gasteiger partial charge in [-0.2, -0.15) is 5.10 Å². The van der Waals surface area contributed by atoms with Gasteiger partial charge in [0, 0.05) is 5.56 Å². The number of aromatic nitrogens is 2. The van der Waals surface area contributed by atoms with E-state index in [0.717, 1.165) is 11.1 Å². The van der Waals surface area contributed by atoms with Gasteiger partial charge in [0.2, 0.25) is 0 Å². The van der Waals surface area contributed by atoms with Crippen molar-refractivity contribution in [2.45, 2.75) is 6.92 Å². The van der Waals surface area contributed by atoms with Crippen LogP contribution in [0.4, 0.5) is 4.39 Å². The molecule has 172 valence electrons. The number of carbonyl (C=O) groups excluding carboxylic acids is 2. The van der Waals surface area contributed by atoms with Gasteiger partial charge in [-0.25, -0.2) is 9.07 Å². The first-order valence-corrected chi connectivity index (χ1v) is 10.7. The maximum absolute atomic E-state index is 13.2. The van der Waals surface area contributed by atoms with Gasteiger partial charge in [-0.1, -0.05) is 60.1 Å². The molecule has 4 rings (SSSR count). The lowest BCUT2D eigenvalue weighted by Crippen LogP contribution is -2.44. The highest BCUT2D eigenvalue weighted by Crippen LogP contribution is 2.29. The summed E-state index contributed by atoms with van der Waals surface area (Å²) in [6, 6.07) is 22.5. The molecular formula is C25H20ClFN4O3. The molecule has 0 saturated carbocycles. The first kappa shape index (κ1) is 23.0. The number of para-hydroxylation sites is 1. The van der Waals surface area contributed by atoms with Crippen molar-refractivity contribution in [3.63, 3.8) is 0 Å². The average Bonchev–Trinajstić information content (AvgIpc) is 3.16. The van der Waals surface area contributed by atoms with Crippen molar-refractivity contribution in [2.75, 3.05) is 6.61 Å². The molecule has 1 heterocycles. The minimum Gasteiger partial charge on any atom is -0.483 e. The van der Waals surface area contributed by atoms with Crippen molar-refractivity contribution in [3.05, 3.63) is 101 Å². The number of benzene rings is 3. The van der Waals surface area contributed by atoms with E-state index < -0.39 is 17.6 Å². The van der Waals surface area contributed by atoms with Gasteiger partial charge in [0.25, 0.3) is 11.8 Å². The number of amides is 2. The van der Waals surface area contributed by atoms with Crippen LogP contribution < -0.4 is 15.6 Å². The van der Waals surface area contributed by atoms with Crippen LogP contribution in [0.3, 0.4) is 0 Å². The molecule has 4 aromatic rings. The van der Waals surface area contributed by atoms with Gasteiger partial charge in [-0.3, -0.25) is 20.4 Å². The van der Waals surface area contributed by atoms with Crippen LogP contribution in [0.5, 0.6) is 5.75 Å². The highest BCUT2D eigenvalue weighted by atomic mass is 35.5. The van der Waals surface area contributed by atoms with E-state index in [0.29, 0.717) is 17.1 Å². The van der Waals surface area contributed by atoms with Crippen LogP contribution in [0.25, 0.3) is 16.8 Å². The molecule has 0 aliphatic rings. The Bertz CT molecular complexity index is 1320. The third kappa shape index (κ3) is 5.07. The summed E-state index contributed by atoms with van der Waals surface area (Å²) in [6.07, 6.45) is 0. The summed E-state index contributed by atoms with van der Waals surface area (Å²) < 4.78 is 20.2. The fourth-order valence-electron chi connectivity index (χ4n) is 3.33. The summed E-state index contributed by atoms with van der Waals surface area (Å²) >= 11 is 6.34. The van der Waals surface area contributed by atoms with Crippen molar-refractivity contribution in [3.8, 4) is 22.6 Å². The standard InChI is InChI=1S/C25H20ClFN4O3/c1-16-23(24(26)31(30-16)19-13-11-18(27)12-14-19)25(33)29-28-22(32)15-34-21-10-6-5-9-20(21)17-7-3-2-4-8-17/h2-14H,15H2,1H3,(H,28,32)(H,29,33). The van der Waals surface area contributed by atoms with Crippen LogP contribution in [0.2, 0.25) is 5.15 Å². The molecule has 0 spiro atoms. The van der Waals surface area contributed by atoms with Crippen LogP contribution in [0.15, 0.2) is 78.9 Å². The van der Waals surface area contributed by atoms with E-state index in [1.54, 1.807) is 13.0 Å². The summed E-state index contributed by atoms with van der Waals surface area (Å²) in [5.41, 5.74) is 7.35. The number of halogens is 2. The lowest BCUT2D eigenvalue weighted by molar-refractivity contribution is -0.123. The van der Waals surface area contributed by atoms with Crippen molar-refractivity contribution in [1.29, 1.82) is 0 Å². The Morgan fingerprint density at radius 1 is 0.971 bits per heavy atom. The molecule has 3 aromatic carbocycles. The summed E-state index contributed by atoms with van der Waals surface area (Å²) in [7, 11) is 0. The topological polar surface area (TPSA) is 85.3 Å². The fourth-order valence-corrected chi connectivity index (χ4v) is 3.69. The second-order valence-electron chi connectivity index (χ2n) is 7.29. The smallest absolute Gasteiger partial charge is 0.276 e. The van der Waals surface area contributed by atoms with Gasteiger partial charge >= 0.3 is 0 Å². The Morgan fingerprint density at radius 3 is 2.38 bits per heavy atom. The van der Waals surface area contributed by atoms with Crippen LogP contribution in [-0.4, -0.2) is 28.2 Å². The number of ether oxygens (including phenoxy) is 1. The monoisotopic (exact) mass is 478 g/mol. The van der Waals surface area contributed by atoms with E-state index in [1.807, 2.05) is 48.5 Å². The second-order valence-corrected chi connectivity index (χ2v) is 7.65. The normalized spacial score (nSPS) is 10.6. The molecule has 0 radical (unpaired) electrons. The van der Waals surface area contributed by atoms with Gasteiger partial charge in [0.1, 0.15) is 22.3 Å². The Balaban J connectivity index is 1.38. The molecule has 0 bridgehead atoms. The molecule has 0 fully saturated rings. The molecule has 7 nitrogen and oxygen atoms in total. The van der Waals surface area contributed by atoms with Gasteiger partial charge < -0.3 is 4.74 Å². The van der Waals surface area contributed by atoms with E-state index in [-0.39, 0.29) is 17.3 Å². The van der Waals surface area contributed by atoms with Crippen molar-refractivity contribution in [1.82, 2.24) is 20.6 Å². The van der Waals surface area contributed by atoms with E-state index in [9.17, 15) is 14.0 Å². The zero-order valence-corrected chi connectivity index (χ0v) is 18.8. The first-order valence-electron chi connectivity index (χ1n) is 10.3. The van der Waals surface area contributed by atoms with Gasteiger partial charge in [-0.15, -0.1) is 0 Å². The number of aryl methyl sites for hydroxylation is 1. The number of rotatable bonds is 6. The van der Waals surface area contributed by atoms with Crippen molar-refractivity contribution in [2.24, 2.45) is 0 Å². The zero-order valence-electron chi connectivity index (χ0n) is 18.1. The Labute approximate surface area is 200 Å². The van der Waals surface area contributed by atoms with Crippen LogP contribution in [0.1, 0.15) is 16.1 Å². The molecular weight excluding hydrogens is 459 g/mol. The molecule has 2 amide bonds. The molecule has 0 aliphatic carbocycles. The third-order valence-corrected chi connectivity index (χ3v) is 5.30. The molecule has 9 heteroatoms. The minimum absolute atomic E-state index is 0.0314. The fraction of sp³-hybridized carbons (Fsp3) is 0.0800. The number of nitrogens with zero attached hydrogens (tertiary/aromatic N) is 2. The Kier molecular flexibility index (Phi) is 6.89. The Morgan fingerprint density at radius 2 is 1.65 bits per heavy atom. The van der Waals surface area contributed by atoms with E-state index >= 15 is 0 Å². The highest BCUT2D eigenvalue weighted by Gasteiger charge is 2.21. The number of hydrogen-bond acceptors (Lipinski definition) is 4. The molecule has 0 atom stereocenters. The first-order chi connectivity index (χ1) is 16.4. The van der Waals surface area contributed by atoms with E-state index in [1.165, 1.54) is 28.9 Å². The predicted molar refractivity (Wildman–Crippen MR) is 126 cm³/mol.